The third-order valence-corrected chi connectivity index (χ3v) is 4.57. The van der Waals surface area contributed by atoms with Crippen molar-refractivity contribution in [1.82, 2.24) is 5.32 Å². The number of amides is 1. The van der Waals surface area contributed by atoms with E-state index in [1.54, 1.807) is 18.2 Å². The van der Waals surface area contributed by atoms with E-state index in [-0.39, 0.29) is 5.91 Å². The average molecular weight is 349 g/mol. The van der Waals surface area contributed by atoms with Crippen molar-refractivity contribution in [1.29, 1.82) is 0 Å². The molecule has 4 heteroatoms. The van der Waals surface area contributed by atoms with Crippen LogP contribution in [-0.2, 0) is 4.79 Å². The highest BCUT2D eigenvalue weighted by molar-refractivity contribution is 5.95. The molecule has 0 atom stereocenters. The number of benzene rings is 2. The Hall–Kier alpha value is -2.88. The van der Waals surface area contributed by atoms with Gasteiger partial charge in [-0.3, -0.25) is 4.79 Å². The lowest BCUT2D eigenvalue weighted by Gasteiger charge is -2.11. The molecule has 2 aromatic carbocycles. The van der Waals surface area contributed by atoms with E-state index in [1.165, 1.54) is 6.08 Å². The Morgan fingerprint density at radius 2 is 1.65 bits per heavy atom. The molecule has 1 saturated carbocycles. The Morgan fingerprint density at radius 1 is 1.00 bits per heavy atom. The molecule has 0 unspecified atom stereocenters. The molecule has 1 fully saturated rings. The predicted octanol–water partition coefficient (Wildman–Crippen LogP) is 4.12. The molecule has 0 saturated heterocycles. The highest BCUT2D eigenvalue weighted by Crippen LogP contribution is 2.26. The fourth-order valence-electron chi connectivity index (χ4n) is 2.62. The van der Waals surface area contributed by atoms with Gasteiger partial charge in [0, 0.05) is 17.7 Å². The second-order valence-electron chi connectivity index (χ2n) is 6.78. The van der Waals surface area contributed by atoms with E-state index in [2.05, 4.69) is 5.32 Å². The van der Waals surface area contributed by atoms with Crippen molar-refractivity contribution in [2.45, 2.75) is 39.7 Å². The molecule has 0 aromatic heterocycles. The van der Waals surface area contributed by atoms with Gasteiger partial charge in [0.1, 0.15) is 5.75 Å². The van der Waals surface area contributed by atoms with E-state index in [9.17, 15) is 9.59 Å². The van der Waals surface area contributed by atoms with E-state index in [4.69, 9.17) is 4.74 Å². The van der Waals surface area contributed by atoms with Crippen LogP contribution in [0.25, 0.3) is 6.08 Å². The normalized spacial score (nSPS) is 13.7. The fourth-order valence-corrected chi connectivity index (χ4v) is 2.62. The van der Waals surface area contributed by atoms with Crippen LogP contribution in [0.2, 0.25) is 0 Å². The summed E-state index contributed by atoms with van der Waals surface area (Å²) in [4.78, 5) is 24.1. The van der Waals surface area contributed by atoms with Crippen LogP contribution in [0.15, 0.2) is 42.5 Å². The van der Waals surface area contributed by atoms with Crippen LogP contribution in [0.1, 0.15) is 45.5 Å². The van der Waals surface area contributed by atoms with E-state index in [1.807, 2.05) is 45.0 Å². The monoisotopic (exact) mass is 349 g/mol. The highest BCUT2D eigenvalue weighted by Gasteiger charge is 2.23. The maximum atomic E-state index is 12.1. The Labute approximate surface area is 153 Å². The van der Waals surface area contributed by atoms with Crippen LogP contribution in [0.3, 0.4) is 0 Å². The van der Waals surface area contributed by atoms with Gasteiger partial charge in [0.25, 0.3) is 5.91 Å². The summed E-state index contributed by atoms with van der Waals surface area (Å²) in [5, 5.41) is 2.95. The van der Waals surface area contributed by atoms with Crippen LogP contribution in [0, 0.1) is 20.8 Å². The van der Waals surface area contributed by atoms with Gasteiger partial charge in [0.2, 0.25) is 0 Å². The number of nitrogens with one attached hydrogen (secondary N) is 1. The summed E-state index contributed by atoms with van der Waals surface area (Å²) in [6.07, 6.45) is 5.22. The molecule has 1 aliphatic carbocycles. The Morgan fingerprint density at radius 3 is 2.31 bits per heavy atom. The Balaban J connectivity index is 1.63. The first-order chi connectivity index (χ1) is 12.4. The first-order valence-corrected chi connectivity index (χ1v) is 8.81. The molecule has 1 aliphatic rings. The van der Waals surface area contributed by atoms with Crippen LogP contribution in [0.5, 0.6) is 5.75 Å². The first-order valence-electron chi connectivity index (χ1n) is 8.81. The average Bonchev–Trinajstić information content (AvgIpc) is 3.44. The second-order valence-corrected chi connectivity index (χ2v) is 6.78. The van der Waals surface area contributed by atoms with Crippen LogP contribution in [0.4, 0.5) is 0 Å². The third-order valence-electron chi connectivity index (χ3n) is 4.57. The molecule has 3 rings (SSSR count). The third kappa shape index (κ3) is 4.39. The lowest BCUT2D eigenvalue weighted by atomic mass is 10.1. The maximum absolute atomic E-state index is 12.1. The Kier molecular flexibility index (Phi) is 5.21. The fraction of sp³-hybridized carbons (Fsp3) is 0.273. The second kappa shape index (κ2) is 7.56. The summed E-state index contributed by atoms with van der Waals surface area (Å²) >= 11 is 0. The number of hydrogen-bond donors (Lipinski definition) is 1. The summed E-state index contributed by atoms with van der Waals surface area (Å²) in [7, 11) is 0. The van der Waals surface area contributed by atoms with Gasteiger partial charge in [-0.1, -0.05) is 24.3 Å². The molecule has 0 aliphatic heterocycles. The highest BCUT2D eigenvalue weighted by atomic mass is 16.5. The SMILES string of the molecule is Cc1ccc(C)c(OC(=O)/C=C/c2ccc(C(=O)NC3CC3)cc2)c1C. The van der Waals surface area contributed by atoms with Gasteiger partial charge in [-0.15, -0.1) is 0 Å². The number of hydrogen-bond acceptors (Lipinski definition) is 3. The molecule has 0 bridgehead atoms. The molecule has 1 amide bonds. The van der Waals surface area contributed by atoms with Crippen molar-refractivity contribution >= 4 is 18.0 Å². The molecule has 0 radical (unpaired) electrons. The maximum Gasteiger partial charge on any atom is 0.336 e. The van der Waals surface area contributed by atoms with Crippen molar-refractivity contribution in [2.24, 2.45) is 0 Å². The molecule has 4 nitrogen and oxygen atoms in total. The lowest BCUT2D eigenvalue weighted by molar-refractivity contribution is -0.129. The summed E-state index contributed by atoms with van der Waals surface area (Å²) in [6, 6.07) is 11.4. The smallest absolute Gasteiger partial charge is 0.336 e. The standard InChI is InChI=1S/C22H23NO3/c1-14-4-5-15(2)21(16(14)3)26-20(24)13-8-17-6-9-18(10-7-17)22(25)23-19-11-12-19/h4-10,13,19H,11-12H2,1-3H3,(H,23,25)/b13-8+. The van der Waals surface area contributed by atoms with Gasteiger partial charge in [-0.2, -0.15) is 0 Å². The molecule has 0 spiro atoms. The van der Waals surface area contributed by atoms with E-state index < -0.39 is 5.97 Å². The van der Waals surface area contributed by atoms with Crippen LogP contribution < -0.4 is 10.1 Å². The quantitative estimate of drug-likeness (QED) is 0.502. The summed E-state index contributed by atoms with van der Waals surface area (Å²) in [5.41, 5.74) is 4.45. The molecule has 26 heavy (non-hydrogen) atoms. The predicted molar refractivity (Wildman–Crippen MR) is 102 cm³/mol. The number of rotatable bonds is 5. The molecule has 1 N–H and O–H groups in total. The molecule has 134 valence electrons. The van der Waals surface area contributed by atoms with Gasteiger partial charge < -0.3 is 10.1 Å². The minimum Gasteiger partial charge on any atom is -0.423 e. The zero-order chi connectivity index (χ0) is 18.7. The van der Waals surface area contributed by atoms with Gasteiger partial charge in [0.15, 0.2) is 0 Å². The number of ether oxygens (including phenoxy) is 1. The van der Waals surface area contributed by atoms with Gasteiger partial charge >= 0.3 is 5.97 Å². The van der Waals surface area contributed by atoms with Crippen molar-refractivity contribution in [3.8, 4) is 5.75 Å². The molecule has 0 heterocycles. The van der Waals surface area contributed by atoms with E-state index in [0.717, 1.165) is 35.1 Å². The van der Waals surface area contributed by atoms with Crippen LogP contribution >= 0.6 is 0 Å². The minimum absolute atomic E-state index is 0.0483. The van der Waals surface area contributed by atoms with Crippen molar-refractivity contribution in [2.75, 3.05) is 0 Å². The summed E-state index contributed by atoms with van der Waals surface area (Å²) in [5.74, 6) is 0.150. The van der Waals surface area contributed by atoms with Crippen molar-refractivity contribution < 1.29 is 14.3 Å². The summed E-state index contributed by atoms with van der Waals surface area (Å²) < 4.78 is 5.50. The zero-order valence-electron chi connectivity index (χ0n) is 15.3. The number of carbonyl (C=O) groups excluding carboxylic acids is 2. The van der Waals surface area contributed by atoms with Gasteiger partial charge in [-0.25, -0.2) is 4.79 Å². The molecular formula is C22H23NO3. The van der Waals surface area contributed by atoms with Crippen LogP contribution in [-0.4, -0.2) is 17.9 Å². The molecular weight excluding hydrogens is 326 g/mol. The number of carbonyl (C=O) groups is 2. The van der Waals surface area contributed by atoms with E-state index in [0.29, 0.717) is 17.4 Å². The van der Waals surface area contributed by atoms with Gasteiger partial charge in [0.05, 0.1) is 0 Å². The lowest BCUT2D eigenvalue weighted by Crippen LogP contribution is -2.25. The van der Waals surface area contributed by atoms with Gasteiger partial charge in [-0.05, 0) is 74.1 Å². The number of aryl methyl sites for hydroxylation is 2. The largest absolute Gasteiger partial charge is 0.423 e. The van der Waals surface area contributed by atoms with Crippen molar-refractivity contribution in [3.63, 3.8) is 0 Å². The summed E-state index contributed by atoms with van der Waals surface area (Å²) in [6.45, 7) is 5.85. The minimum atomic E-state index is -0.419. The van der Waals surface area contributed by atoms with E-state index >= 15 is 0 Å². The zero-order valence-corrected chi connectivity index (χ0v) is 15.3. The Bertz CT molecular complexity index is 862. The van der Waals surface area contributed by atoms with Crippen molar-refractivity contribution in [3.05, 3.63) is 70.3 Å². The first kappa shape index (κ1) is 17.9. The number of esters is 1. The topological polar surface area (TPSA) is 55.4 Å². The molecule has 2 aromatic rings.